The van der Waals surface area contributed by atoms with Crippen LogP contribution < -0.4 is 0 Å². The molecule has 0 aromatic heterocycles. The molecule has 0 N–H and O–H groups in total. The van der Waals surface area contributed by atoms with Gasteiger partial charge in [0.1, 0.15) is 0 Å². The first-order chi connectivity index (χ1) is 10.2. The minimum atomic E-state index is -3.86. The van der Waals surface area contributed by atoms with Crippen LogP contribution in [0.4, 0.5) is 0 Å². The van der Waals surface area contributed by atoms with Crippen molar-refractivity contribution in [1.29, 1.82) is 0 Å². The summed E-state index contributed by atoms with van der Waals surface area (Å²) in [7, 11) is -3.86. The molecule has 0 saturated heterocycles. The molecule has 0 bridgehead atoms. The van der Waals surface area contributed by atoms with Gasteiger partial charge in [-0.3, -0.25) is 19.5 Å². The quantitative estimate of drug-likeness (QED) is 0.247. The molecule has 0 aliphatic carbocycles. The zero-order valence-corrected chi connectivity index (χ0v) is 14.7. The molecule has 0 radical (unpaired) electrons. The molecule has 0 aliphatic rings. The lowest BCUT2D eigenvalue weighted by Gasteiger charge is -2.30. The number of ether oxygens (including phenoxy) is 1. The predicted octanol–water partition coefficient (Wildman–Crippen LogP) is 2.73. The molecule has 0 aromatic rings. The van der Waals surface area contributed by atoms with Crippen molar-refractivity contribution in [3.8, 4) is 0 Å². The third kappa shape index (κ3) is 6.02. The summed E-state index contributed by atoms with van der Waals surface area (Å²) < 4.78 is 28.4. The molecular weight excluding hydrogens is 313 g/mol. The van der Waals surface area contributed by atoms with Gasteiger partial charge in [0.2, 0.25) is 6.54 Å². The van der Waals surface area contributed by atoms with Gasteiger partial charge in [-0.25, -0.2) is 0 Å². The SMILES string of the molecule is CCOC(=O)C(C(C[N+](=O)[O-])C(C)C)P(=O)(OCC)OCC. The Labute approximate surface area is 131 Å². The van der Waals surface area contributed by atoms with Crippen molar-refractivity contribution in [2.75, 3.05) is 26.4 Å². The first-order valence-electron chi connectivity index (χ1n) is 7.40. The van der Waals surface area contributed by atoms with Crippen LogP contribution in [0.3, 0.4) is 0 Å². The summed E-state index contributed by atoms with van der Waals surface area (Å²) in [6.07, 6.45) is 0. The summed E-state index contributed by atoms with van der Waals surface area (Å²) in [6, 6.07) is 0. The van der Waals surface area contributed by atoms with Crippen molar-refractivity contribution in [3.05, 3.63) is 10.1 Å². The van der Waals surface area contributed by atoms with E-state index in [1.165, 1.54) is 0 Å². The lowest BCUT2D eigenvalue weighted by Crippen LogP contribution is -2.39. The lowest BCUT2D eigenvalue weighted by molar-refractivity contribution is -0.489. The van der Waals surface area contributed by atoms with Gasteiger partial charge in [0.15, 0.2) is 5.66 Å². The molecule has 2 atom stereocenters. The Morgan fingerprint density at radius 1 is 1.14 bits per heavy atom. The summed E-state index contributed by atoms with van der Waals surface area (Å²) in [5.41, 5.74) is -1.31. The Bertz CT molecular complexity index is 403. The van der Waals surface area contributed by atoms with Crippen LogP contribution in [0.2, 0.25) is 0 Å². The summed E-state index contributed by atoms with van der Waals surface area (Å²) in [6.45, 7) is 8.00. The van der Waals surface area contributed by atoms with Gasteiger partial charge in [0.05, 0.1) is 25.7 Å². The van der Waals surface area contributed by atoms with E-state index < -0.39 is 36.6 Å². The van der Waals surface area contributed by atoms with E-state index in [2.05, 4.69) is 0 Å². The molecule has 0 rings (SSSR count). The summed E-state index contributed by atoms with van der Waals surface area (Å²) in [4.78, 5) is 22.7. The van der Waals surface area contributed by atoms with Gasteiger partial charge in [-0.15, -0.1) is 0 Å². The molecule has 0 aliphatic heterocycles. The van der Waals surface area contributed by atoms with Crippen LogP contribution >= 0.6 is 7.60 Å². The average molecular weight is 339 g/mol. The van der Waals surface area contributed by atoms with Crippen LogP contribution in [-0.4, -0.2) is 42.9 Å². The summed E-state index contributed by atoms with van der Waals surface area (Å²) in [5.74, 6) is -1.86. The molecule has 9 heteroatoms. The Morgan fingerprint density at radius 3 is 1.95 bits per heavy atom. The topological polar surface area (TPSA) is 105 Å². The van der Waals surface area contributed by atoms with Crippen molar-refractivity contribution < 1.29 is 28.1 Å². The maximum absolute atomic E-state index is 13.0. The minimum absolute atomic E-state index is 0.0659. The molecule has 0 spiro atoms. The van der Waals surface area contributed by atoms with Crippen molar-refractivity contribution in [2.24, 2.45) is 11.8 Å². The van der Waals surface area contributed by atoms with Crippen molar-refractivity contribution in [2.45, 2.75) is 40.3 Å². The standard InChI is InChI=1S/C13H26NO7P/c1-6-19-13(15)12(11(10(4)5)9-14(16)17)22(18,20-7-2)21-8-3/h10-12H,6-9H2,1-5H3. The highest BCUT2D eigenvalue weighted by atomic mass is 31.2. The number of rotatable bonds is 11. The Balaban J connectivity index is 5.79. The largest absolute Gasteiger partial charge is 0.465 e. The fourth-order valence-corrected chi connectivity index (χ4v) is 4.53. The number of hydrogen-bond acceptors (Lipinski definition) is 7. The van der Waals surface area contributed by atoms with Crippen LogP contribution in [0.1, 0.15) is 34.6 Å². The second-order valence-corrected chi connectivity index (χ2v) is 7.15. The van der Waals surface area contributed by atoms with Crippen LogP contribution in [0.15, 0.2) is 0 Å². The number of carbonyl (C=O) groups excluding carboxylic acids is 1. The second-order valence-electron chi connectivity index (χ2n) is 5.00. The van der Waals surface area contributed by atoms with E-state index in [0.29, 0.717) is 0 Å². The summed E-state index contributed by atoms with van der Waals surface area (Å²) >= 11 is 0. The Kier molecular flexibility index (Phi) is 9.48. The number of esters is 1. The first-order valence-corrected chi connectivity index (χ1v) is 9.01. The molecule has 22 heavy (non-hydrogen) atoms. The molecule has 0 heterocycles. The minimum Gasteiger partial charge on any atom is -0.465 e. The normalized spacial score (nSPS) is 14.6. The molecular formula is C13H26NO7P. The van der Waals surface area contributed by atoms with Crippen LogP contribution in [0.25, 0.3) is 0 Å². The van der Waals surface area contributed by atoms with Crippen LogP contribution in [0.5, 0.6) is 0 Å². The predicted molar refractivity (Wildman–Crippen MR) is 81.5 cm³/mol. The third-order valence-electron chi connectivity index (χ3n) is 3.11. The maximum Gasteiger partial charge on any atom is 0.345 e. The van der Waals surface area contributed by atoms with E-state index in [-0.39, 0.29) is 25.7 Å². The second kappa shape index (κ2) is 9.92. The van der Waals surface area contributed by atoms with E-state index in [1.807, 2.05) is 0 Å². The fourth-order valence-electron chi connectivity index (χ4n) is 2.17. The average Bonchev–Trinajstić information content (AvgIpc) is 2.38. The zero-order valence-electron chi connectivity index (χ0n) is 13.8. The van der Waals surface area contributed by atoms with Crippen LogP contribution in [0, 0.1) is 22.0 Å². The van der Waals surface area contributed by atoms with E-state index in [0.717, 1.165) is 0 Å². The van der Waals surface area contributed by atoms with E-state index in [4.69, 9.17) is 13.8 Å². The highest BCUT2D eigenvalue weighted by Gasteiger charge is 2.50. The number of nitrogens with zero attached hydrogens (tertiary/aromatic N) is 1. The first kappa shape index (κ1) is 21.0. The van der Waals surface area contributed by atoms with Crippen molar-refractivity contribution in [3.63, 3.8) is 0 Å². The molecule has 0 amide bonds. The van der Waals surface area contributed by atoms with E-state index in [1.54, 1.807) is 34.6 Å². The third-order valence-corrected chi connectivity index (χ3v) is 5.62. The van der Waals surface area contributed by atoms with Gasteiger partial charge in [-0.1, -0.05) is 13.8 Å². The van der Waals surface area contributed by atoms with Gasteiger partial charge in [0.25, 0.3) is 0 Å². The fraction of sp³-hybridized carbons (Fsp3) is 0.923. The molecule has 130 valence electrons. The number of carbonyl (C=O) groups is 1. The van der Waals surface area contributed by atoms with Crippen LogP contribution in [-0.2, 0) is 23.1 Å². The van der Waals surface area contributed by atoms with E-state index >= 15 is 0 Å². The monoisotopic (exact) mass is 339 g/mol. The van der Waals surface area contributed by atoms with Gasteiger partial charge >= 0.3 is 13.6 Å². The smallest absolute Gasteiger partial charge is 0.345 e. The maximum atomic E-state index is 13.0. The van der Waals surface area contributed by atoms with Gasteiger partial charge < -0.3 is 13.8 Å². The highest BCUT2D eigenvalue weighted by molar-refractivity contribution is 7.55. The van der Waals surface area contributed by atoms with Crippen molar-refractivity contribution in [1.82, 2.24) is 0 Å². The summed E-state index contributed by atoms with van der Waals surface area (Å²) in [5, 5.41) is 10.9. The molecule has 8 nitrogen and oxygen atoms in total. The molecule has 2 unspecified atom stereocenters. The molecule has 0 fully saturated rings. The molecule has 0 aromatic carbocycles. The lowest BCUT2D eigenvalue weighted by atomic mass is 9.92. The zero-order chi connectivity index (χ0) is 17.3. The Morgan fingerprint density at radius 2 is 1.64 bits per heavy atom. The Hall–Kier alpha value is -0.980. The number of nitro groups is 1. The van der Waals surface area contributed by atoms with Gasteiger partial charge in [-0.2, -0.15) is 0 Å². The van der Waals surface area contributed by atoms with Gasteiger partial charge in [0, 0.05) is 4.92 Å². The van der Waals surface area contributed by atoms with E-state index in [9.17, 15) is 19.5 Å². The molecule has 0 saturated carbocycles. The number of hydrogen-bond donors (Lipinski definition) is 0. The van der Waals surface area contributed by atoms with Gasteiger partial charge in [-0.05, 0) is 26.7 Å². The highest BCUT2D eigenvalue weighted by Crippen LogP contribution is 2.57. The van der Waals surface area contributed by atoms with Crippen molar-refractivity contribution >= 4 is 13.6 Å².